The first-order chi connectivity index (χ1) is 6.05. The van der Waals surface area contributed by atoms with Gasteiger partial charge in [-0.1, -0.05) is 24.3 Å². The third-order valence-corrected chi connectivity index (χ3v) is 3.32. The van der Waals surface area contributed by atoms with Gasteiger partial charge in [0, 0.05) is 0 Å². The highest BCUT2D eigenvalue weighted by atomic mass is 32.2. The van der Waals surface area contributed by atoms with Crippen molar-refractivity contribution in [2.45, 2.75) is 12.7 Å². The van der Waals surface area contributed by atoms with Crippen LogP contribution in [0.15, 0.2) is 24.3 Å². The molecule has 0 amide bonds. The SMILES string of the molecule is [CH2]CS(=O)(=O)Cc1ccccc1C. The van der Waals surface area contributed by atoms with Crippen molar-refractivity contribution in [1.82, 2.24) is 0 Å². The summed E-state index contributed by atoms with van der Waals surface area (Å²) in [4.78, 5) is 0. The van der Waals surface area contributed by atoms with Crippen molar-refractivity contribution in [3.63, 3.8) is 0 Å². The number of hydrogen-bond acceptors (Lipinski definition) is 2. The maximum Gasteiger partial charge on any atom is 0.154 e. The summed E-state index contributed by atoms with van der Waals surface area (Å²) in [7, 11) is -3.01. The highest BCUT2D eigenvalue weighted by molar-refractivity contribution is 7.90. The Morgan fingerprint density at radius 1 is 1.31 bits per heavy atom. The van der Waals surface area contributed by atoms with Gasteiger partial charge in [-0.05, 0) is 25.0 Å². The van der Waals surface area contributed by atoms with Crippen molar-refractivity contribution in [3.05, 3.63) is 42.3 Å². The highest BCUT2D eigenvalue weighted by Crippen LogP contribution is 2.11. The van der Waals surface area contributed by atoms with Crippen LogP contribution in [0.3, 0.4) is 0 Å². The lowest BCUT2D eigenvalue weighted by Crippen LogP contribution is -2.07. The molecule has 0 heterocycles. The molecule has 0 aliphatic rings. The van der Waals surface area contributed by atoms with Gasteiger partial charge in [0.25, 0.3) is 0 Å². The monoisotopic (exact) mass is 197 g/mol. The minimum Gasteiger partial charge on any atom is -0.228 e. The van der Waals surface area contributed by atoms with Gasteiger partial charge in [-0.2, -0.15) is 0 Å². The third kappa shape index (κ3) is 2.84. The van der Waals surface area contributed by atoms with Crippen LogP contribution in [0.5, 0.6) is 0 Å². The van der Waals surface area contributed by atoms with Gasteiger partial charge in [0.15, 0.2) is 9.84 Å². The van der Waals surface area contributed by atoms with Gasteiger partial charge >= 0.3 is 0 Å². The predicted molar refractivity (Wildman–Crippen MR) is 54.0 cm³/mol. The molecule has 1 aromatic carbocycles. The normalized spacial score (nSPS) is 11.5. The van der Waals surface area contributed by atoms with Gasteiger partial charge in [-0.15, -0.1) is 0 Å². The molecule has 0 saturated carbocycles. The molecular weight excluding hydrogens is 184 g/mol. The molecule has 0 spiro atoms. The quantitative estimate of drug-likeness (QED) is 0.739. The Morgan fingerprint density at radius 3 is 2.46 bits per heavy atom. The Bertz CT molecular complexity index is 380. The minimum atomic E-state index is -3.01. The Hall–Kier alpha value is -0.830. The van der Waals surface area contributed by atoms with E-state index in [4.69, 9.17) is 0 Å². The average molecular weight is 197 g/mol. The van der Waals surface area contributed by atoms with Crippen LogP contribution in [-0.2, 0) is 15.6 Å². The Labute approximate surface area is 79.5 Å². The van der Waals surface area contributed by atoms with Gasteiger partial charge in [0.1, 0.15) is 0 Å². The van der Waals surface area contributed by atoms with E-state index in [1.165, 1.54) is 0 Å². The van der Waals surface area contributed by atoms with E-state index in [-0.39, 0.29) is 11.5 Å². The number of sulfone groups is 1. The zero-order valence-corrected chi connectivity index (χ0v) is 8.47. The van der Waals surface area contributed by atoms with E-state index in [2.05, 4.69) is 6.92 Å². The van der Waals surface area contributed by atoms with Gasteiger partial charge in [0.05, 0.1) is 11.5 Å². The third-order valence-electron chi connectivity index (χ3n) is 1.95. The molecule has 0 N–H and O–H groups in total. The summed E-state index contributed by atoms with van der Waals surface area (Å²) < 4.78 is 22.5. The van der Waals surface area contributed by atoms with Crippen molar-refractivity contribution in [1.29, 1.82) is 0 Å². The molecule has 0 aliphatic heterocycles. The van der Waals surface area contributed by atoms with Crippen LogP contribution in [0.2, 0.25) is 0 Å². The van der Waals surface area contributed by atoms with Crippen molar-refractivity contribution < 1.29 is 8.42 Å². The summed E-state index contributed by atoms with van der Waals surface area (Å²) in [6, 6.07) is 7.49. The molecule has 3 heteroatoms. The molecule has 0 saturated heterocycles. The van der Waals surface area contributed by atoms with Crippen LogP contribution >= 0.6 is 0 Å². The molecule has 0 fully saturated rings. The van der Waals surface area contributed by atoms with Crippen molar-refractivity contribution >= 4 is 9.84 Å². The summed E-state index contributed by atoms with van der Waals surface area (Å²) in [5, 5.41) is 0. The fraction of sp³-hybridized carbons (Fsp3) is 0.300. The highest BCUT2D eigenvalue weighted by Gasteiger charge is 2.09. The van der Waals surface area contributed by atoms with Crippen molar-refractivity contribution in [3.8, 4) is 0 Å². The molecule has 0 aliphatic carbocycles. The second-order valence-electron chi connectivity index (χ2n) is 3.02. The van der Waals surface area contributed by atoms with Crippen LogP contribution < -0.4 is 0 Å². The lowest BCUT2D eigenvalue weighted by Gasteiger charge is -2.04. The summed E-state index contributed by atoms with van der Waals surface area (Å²) in [5.41, 5.74) is 1.88. The average Bonchev–Trinajstić information content (AvgIpc) is 2.09. The van der Waals surface area contributed by atoms with Gasteiger partial charge in [0.2, 0.25) is 0 Å². The van der Waals surface area contributed by atoms with E-state index >= 15 is 0 Å². The Morgan fingerprint density at radius 2 is 1.92 bits per heavy atom. The summed E-state index contributed by atoms with van der Waals surface area (Å²) in [6.07, 6.45) is 0. The molecule has 71 valence electrons. The van der Waals surface area contributed by atoms with Crippen molar-refractivity contribution in [2.24, 2.45) is 0 Å². The first kappa shape index (κ1) is 10.3. The zero-order valence-electron chi connectivity index (χ0n) is 7.66. The number of rotatable bonds is 3. The molecule has 1 radical (unpaired) electrons. The number of aryl methyl sites for hydroxylation is 1. The van der Waals surface area contributed by atoms with Crippen LogP contribution in [0, 0.1) is 13.8 Å². The first-order valence-corrected chi connectivity index (χ1v) is 5.91. The summed E-state index contributed by atoms with van der Waals surface area (Å²) in [6.45, 7) is 5.31. The minimum absolute atomic E-state index is 0.0403. The Kier molecular flexibility index (Phi) is 3.09. The standard InChI is InChI=1S/C10H13O2S/c1-3-13(11,12)8-10-7-5-4-6-9(10)2/h4-7H,1,3,8H2,2H3. The zero-order chi connectivity index (χ0) is 9.90. The van der Waals surface area contributed by atoms with Gasteiger partial charge in [-0.3, -0.25) is 0 Å². The van der Waals surface area contributed by atoms with Gasteiger partial charge < -0.3 is 0 Å². The summed E-state index contributed by atoms with van der Waals surface area (Å²) in [5.74, 6) is 0.0600. The van der Waals surface area contributed by atoms with E-state index in [9.17, 15) is 8.42 Å². The molecule has 13 heavy (non-hydrogen) atoms. The van der Waals surface area contributed by atoms with E-state index in [0.717, 1.165) is 11.1 Å². The molecule has 0 aromatic heterocycles. The smallest absolute Gasteiger partial charge is 0.154 e. The molecule has 0 bridgehead atoms. The van der Waals surface area contributed by atoms with Gasteiger partial charge in [-0.25, -0.2) is 8.42 Å². The van der Waals surface area contributed by atoms with Crippen LogP contribution in [0.4, 0.5) is 0 Å². The maximum atomic E-state index is 11.3. The van der Waals surface area contributed by atoms with Crippen LogP contribution in [0.1, 0.15) is 11.1 Å². The first-order valence-electron chi connectivity index (χ1n) is 4.09. The second kappa shape index (κ2) is 3.92. The topological polar surface area (TPSA) is 34.1 Å². The second-order valence-corrected chi connectivity index (χ2v) is 5.20. The number of hydrogen-bond donors (Lipinski definition) is 0. The molecule has 1 aromatic rings. The lowest BCUT2D eigenvalue weighted by atomic mass is 10.1. The fourth-order valence-corrected chi connectivity index (χ4v) is 2.02. The fourth-order valence-electron chi connectivity index (χ4n) is 1.08. The van der Waals surface area contributed by atoms with E-state index in [0.29, 0.717) is 0 Å². The Balaban J connectivity index is 2.93. The summed E-state index contributed by atoms with van der Waals surface area (Å²) >= 11 is 0. The predicted octanol–water partition coefficient (Wildman–Crippen LogP) is 1.74. The molecule has 0 unspecified atom stereocenters. The molecular formula is C10H13O2S. The van der Waals surface area contributed by atoms with Crippen LogP contribution in [-0.4, -0.2) is 14.2 Å². The lowest BCUT2D eigenvalue weighted by molar-refractivity contribution is 0.598. The van der Waals surface area contributed by atoms with E-state index in [1.807, 2.05) is 31.2 Å². The van der Waals surface area contributed by atoms with Crippen LogP contribution in [0.25, 0.3) is 0 Å². The largest absolute Gasteiger partial charge is 0.228 e. The number of benzene rings is 1. The van der Waals surface area contributed by atoms with Crippen molar-refractivity contribution in [2.75, 3.05) is 5.75 Å². The van der Waals surface area contributed by atoms with E-state index < -0.39 is 9.84 Å². The maximum absolute atomic E-state index is 11.3. The molecule has 0 atom stereocenters. The molecule has 1 rings (SSSR count). The molecule has 2 nitrogen and oxygen atoms in total. The van der Waals surface area contributed by atoms with E-state index in [1.54, 1.807) is 0 Å².